The topological polar surface area (TPSA) is 41.6 Å². The van der Waals surface area contributed by atoms with Crippen molar-refractivity contribution in [3.05, 3.63) is 24.3 Å². The number of anilines is 2. The van der Waals surface area contributed by atoms with Gasteiger partial charge in [-0.15, -0.1) is 0 Å². The van der Waals surface area contributed by atoms with Crippen LogP contribution < -0.4 is 10.2 Å². The lowest BCUT2D eigenvalue weighted by Crippen LogP contribution is -2.30. The molecule has 0 bridgehead atoms. The van der Waals surface area contributed by atoms with Gasteiger partial charge in [0.1, 0.15) is 6.61 Å². The highest BCUT2D eigenvalue weighted by Crippen LogP contribution is 2.19. The first-order valence-electron chi connectivity index (χ1n) is 7.22. The van der Waals surface area contributed by atoms with Gasteiger partial charge < -0.3 is 15.0 Å². The van der Waals surface area contributed by atoms with E-state index in [2.05, 4.69) is 31.0 Å². The van der Waals surface area contributed by atoms with Gasteiger partial charge in [-0.2, -0.15) is 0 Å². The van der Waals surface area contributed by atoms with Gasteiger partial charge in [-0.05, 0) is 58.9 Å². The molecule has 1 rings (SSSR count). The smallest absolute Gasteiger partial charge is 0.250 e. The van der Waals surface area contributed by atoms with Crippen LogP contribution in [0.4, 0.5) is 11.4 Å². The maximum atomic E-state index is 11.7. The molecule has 0 fully saturated rings. The molecule has 1 N–H and O–H groups in total. The minimum absolute atomic E-state index is 0.0623. The third-order valence-electron chi connectivity index (χ3n) is 2.99. The molecule has 0 spiro atoms. The number of carbonyl (C=O) groups is 1. The van der Waals surface area contributed by atoms with Gasteiger partial charge in [0, 0.05) is 24.0 Å². The summed E-state index contributed by atoms with van der Waals surface area (Å²) >= 11 is 0. The highest BCUT2D eigenvalue weighted by atomic mass is 16.5. The van der Waals surface area contributed by atoms with Gasteiger partial charge in [-0.1, -0.05) is 0 Å². The molecule has 0 atom stereocenters. The summed E-state index contributed by atoms with van der Waals surface area (Å²) in [4.78, 5) is 14.0. The molecule has 112 valence electrons. The first-order valence-corrected chi connectivity index (χ1v) is 7.22. The molecule has 20 heavy (non-hydrogen) atoms. The molecule has 0 aliphatic heterocycles. The van der Waals surface area contributed by atoms with E-state index >= 15 is 0 Å². The van der Waals surface area contributed by atoms with Gasteiger partial charge in [0.15, 0.2) is 0 Å². The molecule has 0 radical (unpaired) electrons. The lowest BCUT2D eigenvalue weighted by Gasteiger charge is -2.27. The third-order valence-corrected chi connectivity index (χ3v) is 2.99. The van der Waals surface area contributed by atoms with Crippen molar-refractivity contribution in [3.63, 3.8) is 0 Å². The maximum absolute atomic E-state index is 11.7. The van der Waals surface area contributed by atoms with Crippen molar-refractivity contribution in [2.45, 2.75) is 46.8 Å². The van der Waals surface area contributed by atoms with Crippen molar-refractivity contribution in [1.29, 1.82) is 0 Å². The lowest BCUT2D eigenvalue weighted by atomic mass is 10.2. The highest BCUT2D eigenvalue weighted by Gasteiger charge is 2.09. The molecular formula is C16H26N2O2. The predicted molar refractivity (Wildman–Crippen MR) is 84.3 cm³/mol. The van der Waals surface area contributed by atoms with Crippen LogP contribution in [0.25, 0.3) is 0 Å². The van der Waals surface area contributed by atoms with Gasteiger partial charge in [-0.25, -0.2) is 0 Å². The molecule has 4 heteroatoms. The molecule has 0 aromatic heterocycles. The van der Waals surface area contributed by atoms with E-state index < -0.39 is 0 Å². The Bertz CT molecular complexity index is 413. The number of hydrogen-bond donors (Lipinski definition) is 1. The van der Waals surface area contributed by atoms with E-state index in [-0.39, 0.29) is 18.6 Å². The number of amides is 1. The minimum Gasteiger partial charge on any atom is -0.369 e. The Morgan fingerprint density at radius 3 is 2.25 bits per heavy atom. The summed E-state index contributed by atoms with van der Waals surface area (Å²) in [7, 11) is 0. The SMILES string of the molecule is CCN(c1ccc(NC(=O)COC(C)C)cc1)C(C)C. The quantitative estimate of drug-likeness (QED) is 0.832. The first-order chi connectivity index (χ1) is 9.43. The maximum Gasteiger partial charge on any atom is 0.250 e. The summed E-state index contributed by atoms with van der Waals surface area (Å²) in [5.74, 6) is -0.123. The Kier molecular flexibility index (Phi) is 6.52. The monoisotopic (exact) mass is 278 g/mol. The molecule has 1 amide bonds. The summed E-state index contributed by atoms with van der Waals surface area (Å²) in [5.41, 5.74) is 1.96. The second kappa shape index (κ2) is 7.90. The molecule has 1 aromatic rings. The van der Waals surface area contributed by atoms with E-state index in [4.69, 9.17) is 4.74 Å². The Morgan fingerprint density at radius 1 is 1.20 bits per heavy atom. The third kappa shape index (κ3) is 5.21. The van der Waals surface area contributed by atoms with Crippen molar-refractivity contribution in [3.8, 4) is 0 Å². The van der Waals surface area contributed by atoms with E-state index in [0.29, 0.717) is 6.04 Å². The zero-order valence-electron chi connectivity index (χ0n) is 13.1. The fourth-order valence-electron chi connectivity index (χ4n) is 2.02. The molecule has 0 aliphatic carbocycles. The van der Waals surface area contributed by atoms with Crippen LogP contribution in [0.2, 0.25) is 0 Å². The molecule has 4 nitrogen and oxygen atoms in total. The van der Waals surface area contributed by atoms with Crippen LogP contribution in [-0.2, 0) is 9.53 Å². The lowest BCUT2D eigenvalue weighted by molar-refractivity contribution is -0.121. The van der Waals surface area contributed by atoms with Crippen molar-refractivity contribution in [1.82, 2.24) is 0 Å². The molecular weight excluding hydrogens is 252 g/mol. The number of benzene rings is 1. The molecule has 0 heterocycles. The van der Waals surface area contributed by atoms with Crippen LogP contribution in [0.1, 0.15) is 34.6 Å². The van der Waals surface area contributed by atoms with Crippen LogP contribution >= 0.6 is 0 Å². The van der Waals surface area contributed by atoms with E-state index in [1.165, 1.54) is 5.69 Å². The number of hydrogen-bond acceptors (Lipinski definition) is 3. The van der Waals surface area contributed by atoms with Gasteiger partial charge >= 0.3 is 0 Å². The zero-order valence-corrected chi connectivity index (χ0v) is 13.1. The fraction of sp³-hybridized carbons (Fsp3) is 0.562. The molecule has 0 saturated heterocycles. The Labute approximate surface area is 122 Å². The van der Waals surface area contributed by atoms with Crippen molar-refractivity contribution < 1.29 is 9.53 Å². The summed E-state index contributed by atoms with van der Waals surface area (Å²) in [6.45, 7) is 11.3. The van der Waals surface area contributed by atoms with E-state index in [1.54, 1.807) is 0 Å². The minimum atomic E-state index is -0.123. The van der Waals surface area contributed by atoms with Crippen molar-refractivity contribution >= 4 is 17.3 Å². The van der Waals surface area contributed by atoms with Gasteiger partial charge in [0.2, 0.25) is 5.91 Å². The number of nitrogens with zero attached hydrogens (tertiary/aromatic N) is 1. The normalized spacial score (nSPS) is 10.9. The fourth-order valence-corrected chi connectivity index (χ4v) is 2.02. The Morgan fingerprint density at radius 2 is 1.80 bits per heavy atom. The molecule has 0 aliphatic rings. The van der Waals surface area contributed by atoms with Crippen LogP contribution in [-0.4, -0.2) is 31.2 Å². The van der Waals surface area contributed by atoms with E-state index in [1.807, 2.05) is 38.1 Å². The highest BCUT2D eigenvalue weighted by molar-refractivity contribution is 5.91. The summed E-state index contributed by atoms with van der Waals surface area (Å²) in [5, 5.41) is 2.83. The Balaban J connectivity index is 2.60. The van der Waals surface area contributed by atoms with Gasteiger partial charge in [0.05, 0.1) is 6.10 Å². The number of ether oxygens (including phenoxy) is 1. The molecule has 0 saturated carbocycles. The molecule has 1 aromatic carbocycles. The summed E-state index contributed by atoms with van der Waals surface area (Å²) in [6.07, 6.45) is 0.0623. The van der Waals surface area contributed by atoms with Crippen molar-refractivity contribution in [2.75, 3.05) is 23.4 Å². The van der Waals surface area contributed by atoms with Crippen LogP contribution in [0, 0.1) is 0 Å². The van der Waals surface area contributed by atoms with Crippen molar-refractivity contribution in [2.24, 2.45) is 0 Å². The van der Waals surface area contributed by atoms with Crippen LogP contribution in [0.15, 0.2) is 24.3 Å². The second-order valence-electron chi connectivity index (χ2n) is 5.33. The van der Waals surface area contributed by atoms with Crippen LogP contribution in [0.3, 0.4) is 0 Å². The largest absolute Gasteiger partial charge is 0.369 e. The van der Waals surface area contributed by atoms with Crippen LogP contribution in [0.5, 0.6) is 0 Å². The molecule has 0 unspecified atom stereocenters. The van der Waals surface area contributed by atoms with Gasteiger partial charge in [0.25, 0.3) is 0 Å². The summed E-state index contributed by atoms with van der Waals surface area (Å²) in [6, 6.07) is 8.37. The van der Waals surface area contributed by atoms with Gasteiger partial charge in [-0.3, -0.25) is 4.79 Å². The number of rotatable bonds is 7. The average Bonchev–Trinajstić information content (AvgIpc) is 2.39. The zero-order chi connectivity index (χ0) is 15.1. The first kappa shape index (κ1) is 16.5. The standard InChI is InChI=1S/C16H26N2O2/c1-6-18(12(2)3)15-9-7-14(8-10-15)17-16(19)11-20-13(4)5/h7-10,12-13H,6,11H2,1-5H3,(H,17,19). The Hall–Kier alpha value is -1.55. The number of nitrogens with one attached hydrogen (secondary N) is 1. The summed E-state index contributed by atoms with van der Waals surface area (Å²) < 4.78 is 5.27. The average molecular weight is 278 g/mol. The second-order valence-corrected chi connectivity index (χ2v) is 5.33. The number of carbonyl (C=O) groups excluding carboxylic acids is 1. The predicted octanol–water partition coefficient (Wildman–Crippen LogP) is 3.28. The van der Waals surface area contributed by atoms with E-state index in [0.717, 1.165) is 12.2 Å². The van der Waals surface area contributed by atoms with E-state index in [9.17, 15) is 4.79 Å².